The molecule has 0 aromatic carbocycles. The van der Waals surface area contributed by atoms with Crippen LogP contribution >= 0.6 is 11.3 Å². The van der Waals surface area contributed by atoms with Gasteiger partial charge in [-0.2, -0.15) is 0 Å². The van der Waals surface area contributed by atoms with E-state index in [1.807, 2.05) is 39.0 Å². The van der Waals surface area contributed by atoms with Crippen LogP contribution in [0.1, 0.15) is 59.9 Å². The van der Waals surface area contributed by atoms with Gasteiger partial charge in [0.15, 0.2) is 13.4 Å². The van der Waals surface area contributed by atoms with Crippen molar-refractivity contribution >= 4 is 52.9 Å². The average Bonchev–Trinajstić information content (AvgIpc) is 3.23. The highest BCUT2D eigenvalue weighted by atomic mass is 32.1. The molecule has 4 rings (SSSR count). The summed E-state index contributed by atoms with van der Waals surface area (Å²) in [6.45, 7) is 18.7. The molecule has 1 saturated heterocycles. The molecule has 3 aromatic rings. The molecule has 0 unspecified atom stereocenters. The monoisotopic (exact) mass is 570 g/mol. The number of fused-ring (bicyclic) bond motifs is 1. The number of nitrogens with one attached hydrogen (secondary N) is 2. The molecule has 0 saturated carbocycles. The lowest BCUT2D eigenvalue weighted by atomic mass is 10.1. The van der Waals surface area contributed by atoms with Gasteiger partial charge in [0, 0.05) is 25.3 Å². The Balaban J connectivity index is 1.49. The van der Waals surface area contributed by atoms with E-state index in [0.29, 0.717) is 25.5 Å². The summed E-state index contributed by atoms with van der Waals surface area (Å²) in [4.78, 5) is 29.1. The first-order valence-electron chi connectivity index (χ1n) is 13.6. The predicted molar refractivity (Wildman–Crippen MR) is 161 cm³/mol. The Hall–Kier alpha value is -2.76. The van der Waals surface area contributed by atoms with E-state index in [2.05, 4.69) is 60.5 Å². The van der Waals surface area contributed by atoms with Crippen LogP contribution in [-0.2, 0) is 15.8 Å². The van der Waals surface area contributed by atoms with Gasteiger partial charge in [0.25, 0.3) is 0 Å². The van der Waals surface area contributed by atoms with Crippen LogP contribution in [0.15, 0.2) is 30.5 Å². The van der Waals surface area contributed by atoms with Crippen LogP contribution in [0.4, 0.5) is 21.6 Å². The van der Waals surface area contributed by atoms with Gasteiger partial charge >= 0.3 is 6.09 Å². The summed E-state index contributed by atoms with van der Waals surface area (Å²) in [6, 6.07) is 8.14. The fraction of sp³-hybridized carbons (Fsp3) is 0.571. The molecule has 1 aliphatic rings. The highest BCUT2D eigenvalue weighted by molar-refractivity contribution is 7.21. The Morgan fingerprint density at radius 2 is 1.79 bits per heavy atom. The topological polar surface area (TPSA) is 102 Å². The van der Waals surface area contributed by atoms with Crippen LogP contribution < -0.4 is 10.6 Å². The number of hydrogen-bond donors (Lipinski definition) is 2. The Morgan fingerprint density at radius 1 is 1.10 bits per heavy atom. The Kier molecular flexibility index (Phi) is 8.53. The van der Waals surface area contributed by atoms with Gasteiger partial charge in [0.05, 0.1) is 6.61 Å². The number of aromatic nitrogens is 3. The molecule has 0 radical (unpaired) electrons. The fourth-order valence-corrected chi connectivity index (χ4v) is 5.74. The molecule has 0 atom stereocenters. The van der Waals surface area contributed by atoms with Crippen molar-refractivity contribution in [1.82, 2.24) is 19.9 Å². The molecular formula is C28H42N6O3SSi. The number of hydrogen-bond acceptors (Lipinski definition) is 9. The minimum atomic E-state index is -1.93. The van der Waals surface area contributed by atoms with Gasteiger partial charge in [0.1, 0.15) is 27.6 Å². The number of anilines is 3. The third kappa shape index (κ3) is 7.89. The standard InChI is InChI=1S/C28H42N6O3SSi/c1-27(2,3)37-26(35)34-14-11-20(12-15-34)30-22-16-19(18-36-39(7,8)28(4,5)6)17-23(32-22)33-25-31-21-10-9-13-29-24(21)38-25/h9-10,13,16-17,20H,11-12,14-15,18H2,1-8H3,(H2,30,31,32,33). The van der Waals surface area contributed by atoms with Crippen molar-refractivity contribution in [3.8, 4) is 0 Å². The van der Waals surface area contributed by atoms with Crippen LogP contribution in [0.2, 0.25) is 18.1 Å². The van der Waals surface area contributed by atoms with Gasteiger partial charge in [0.2, 0.25) is 0 Å². The van der Waals surface area contributed by atoms with E-state index < -0.39 is 13.9 Å². The van der Waals surface area contributed by atoms with E-state index in [4.69, 9.17) is 14.1 Å². The molecule has 0 aliphatic carbocycles. The lowest BCUT2D eigenvalue weighted by Gasteiger charge is -2.36. The van der Waals surface area contributed by atoms with E-state index in [9.17, 15) is 4.79 Å². The maximum atomic E-state index is 12.5. The van der Waals surface area contributed by atoms with E-state index in [1.54, 1.807) is 11.1 Å². The number of nitrogens with zero attached hydrogens (tertiary/aromatic N) is 4. The smallest absolute Gasteiger partial charge is 0.410 e. The number of carbonyl (C=O) groups is 1. The zero-order chi connectivity index (χ0) is 28.4. The molecule has 11 heteroatoms. The first-order valence-corrected chi connectivity index (χ1v) is 17.3. The molecular weight excluding hydrogens is 529 g/mol. The van der Waals surface area contributed by atoms with Crippen LogP contribution in [0, 0.1) is 0 Å². The summed E-state index contributed by atoms with van der Waals surface area (Å²) in [5.41, 5.74) is 1.41. The van der Waals surface area contributed by atoms with Crippen molar-refractivity contribution in [3.05, 3.63) is 36.0 Å². The van der Waals surface area contributed by atoms with Crippen molar-refractivity contribution < 1.29 is 14.0 Å². The quantitative estimate of drug-likeness (QED) is 0.289. The molecule has 3 aromatic heterocycles. The third-order valence-electron chi connectivity index (χ3n) is 7.19. The van der Waals surface area contributed by atoms with Gasteiger partial charge in [-0.05, 0) is 81.6 Å². The van der Waals surface area contributed by atoms with Gasteiger partial charge in [-0.25, -0.2) is 19.7 Å². The Morgan fingerprint density at radius 3 is 2.44 bits per heavy atom. The number of ether oxygens (including phenoxy) is 1. The summed E-state index contributed by atoms with van der Waals surface area (Å²) < 4.78 is 12.1. The molecule has 1 aliphatic heterocycles. The molecule has 1 fully saturated rings. The van der Waals surface area contributed by atoms with Gasteiger partial charge < -0.3 is 24.7 Å². The summed E-state index contributed by atoms with van der Waals surface area (Å²) in [5.74, 6) is 1.49. The van der Waals surface area contributed by atoms with E-state index in [1.165, 1.54) is 11.3 Å². The maximum Gasteiger partial charge on any atom is 0.410 e. The number of amides is 1. The molecule has 4 heterocycles. The molecule has 9 nitrogen and oxygen atoms in total. The number of rotatable bonds is 7. The summed E-state index contributed by atoms with van der Waals surface area (Å²) in [7, 11) is -1.93. The normalized spacial score (nSPS) is 15.4. The minimum Gasteiger partial charge on any atom is -0.444 e. The minimum absolute atomic E-state index is 0.123. The Labute approximate surface area is 236 Å². The lowest BCUT2D eigenvalue weighted by molar-refractivity contribution is 0.0210. The zero-order valence-corrected chi connectivity index (χ0v) is 26.2. The van der Waals surface area contributed by atoms with Gasteiger partial charge in [-0.3, -0.25) is 0 Å². The largest absolute Gasteiger partial charge is 0.444 e. The second kappa shape index (κ2) is 11.4. The molecule has 0 spiro atoms. The zero-order valence-electron chi connectivity index (χ0n) is 24.4. The van der Waals surface area contributed by atoms with Crippen molar-refractivity contribution in [2.75, 3.05) is 23.7 Å². The number of likely N-dealkylation sites (tertiary alicyclic amines) is 1. The van der Waals surface area contributed by atoms with E-state index >= 15 is 0 Å². The number of carbonyl (C=O) groups excluding carboxylic acids is 1. The van der Waals surface area contributed by atoms with Gasteiger partial charge in [-0.1, -0.05) is 32.1 Å². The molecule has 39 heavy (non-hydrogen) atoms. The second-order valence-electron chi connectivity index (χ2n) is 12.7. The second-order valence-corrected chi connectivity index (χ2v) is 18.4. The average molecular weight is 571 g/mol. The first kappa shape index (κ1) is 29.2. The van der Waals surface area contributed by atoms with E-state index in [-0.39, 0.29) is 17.2 Å². The van der Waals surface area contributed by atoms with Crippen LogP contribution in [0.5, 0.6) is 0 Å². The summed E-state index contributed by atoms with van der Waals surface area (Å²) in [5, 5.41) is 7.86. The maximum absolute atomic E-state index is 12.5. The van der Waals surface area contributed by atoms with Crippen molar-refractivity contribution in [2.45, 2.75) is 90.8 Å². The number of pyridine rings is 2. The predicted octanol–water partition coefficient (Wildman–Crippen LogP) is 7.16. The molecule has 2 N–H and O–H groups in total. The fourth-order valence-electron chi connectivity index (χ4n) is 3.96. The van der Waals surface area contributed by atoms with Crippen LogP contribution in [-0.4, -0.2) is 59.0 Å². The Bertz CT molecular complexity index is 1260. The van der Waals surface area contributed by atoms with Crippen molar-refractivity contribution in [2.24, 2.45) is 0 Å². The van der Waals surface area contributed by atoms with E-state index in [0.717, 1.165) is 39.7 Å². The van der Waals surface area contributed by atoms with Crippen LogP contribution in [0.3, 0.4) is 0 Å². The lowest BCUT2D eigenvalue weighted by Crippen LogP contribution is -2.44. The number of thiazole rings is 1. The highest BCUT2D eigenvalue weighted by Crippen LogP contribution is 2.37. The highest BCUT2D eigenvalue weighted by Gasteiger charge is 2.37. The summed E-state index contributed by atoms with van der Waals surface area (Å²) >= 11 is 1.50. The SMILES string of the molecule is CC(C)(C)OC(=O)N1CCC(Nc2cc(CO[Si](C)(C)C(C)(C)C)cc(Nc3nc4cccnc4s3)n2)CC1. The van der Waals surface area contributed by atoms with Gasteiger partial charge in [-0.15, -0.1) is 0 Å². The van der Waals surface area contributed by atoms with Crippen molar-refractivity contribution in [1.29, 1.82) is 0 Å². The molecule has 212 valence electrons. The van der Waals surface area contributed by atoms with Crippen molar-refractivity contribution in [3.63, 3.8) is 0 Å². The number of piperidine rings is 1. The first-order chi connectivity index (χ1) is 18.2. The van der Waals surface area contributed by atoms with Crippen LogP contribution in [0.25, 0.3) is 10.3 Å². The molecule has 0 bridgehead atoms. The summed E-state index contributed by atoms with van der Waals surface area (Å²) in [6.07, 6.45) is 3.16. The third-order valence-corrected chi connectivity index (χ3v) is 12.6. The molecule has 1 amide bonds.